The van der Waals surface area contributed by atoms with Gasteiger partial charge < -0.3 is 10.4 Å². The molecule has 0 spiro atoms. The molecular weight excluding hydrogens is 309 g/mol. The summed E-state index contributed by atoms with van der Waals surface area (Å²) in [6, 6.07) is 7.68. The minimum Gasteiger partial charge on any atom is -0.396 e. The first-order valence-corrected chi connectivity index (χ1v) is 7.66. The molecule has 0 saturated carbocycles. The average Bonchev–Trinajstić information content (AvgIpc) is 2.73. The lowest BCUT2D eigenvalue weighted by Crippen LogP contribution is -2.16. The Morgan fingerprint density at radius 2 is 2.05 bits per heavy atom. The molecule has 0 bridgehead atoms. The van der Waals surface area contributed by atoms with Crippen molar-refractivity contribution in [3.63, 3.8) is 0 Å². The number of hydrogen-bond donors (Lipinski definition) is 2. The van der Waals surface area contributed by atoms with Gasteiger partial charge in [-0.25, -0.2) is 4.68 Å². The molecule has 0 radical (unpaired) electrons. The highest BCUT2D eigenvalue weighted by Crippen LogP contribution is 2.23. The van der Waals surface area contributed by atoms with Crippen molar-refractivity contribution in [2.75, 3.05) is 13.2 Å². The summed E-state index contributed by atoms with van der Waals surface area (Å²) in [7, 11) is 0. The van der Waals surface area contributed by atoms with Crippen LogP contribution in [0, 0.1) is 6.92 Å². The molecule has 0 aliphatic rings. The summed E-state index contributed by atoms with van der Waals surface area (Å²) in [5.74, 6) is 0. The minimum absolute atomic E-state index is 0.186. The standard InChI is InChI=1S/C15H19Cl2N3O/c1-11-13(9-18-7-4-8-21)15(17)20(19-11)10-12-5-2-3-6-14(12)16/h2-3,5-6,18,21H,4,7-10H2,1H3. The first-order valence-electron chi connectivity index (χ1n) is 6.90. The van der Waals surface area contributed by atoms with Crippen LogP contribution >= 0.6 is 23.2 Å². The van der Waals surface area contributed by atoms with Crippen molar-refractivity contribution in [3.8, 4) is 0 Å². The number of nitrogens with zero attached hydrogens (tertiary/aromatic N) is 2. The number of aliphatic hydroxyl groups excluding tert-OH is 1. The van der Waals surface area contributed by atoms with Crippen molar-refractivity contribution in [2.45, 2.75) is 26.4 Å². The smallest absolute Gasteiger partial charge is 0.132 e. The van der Waals surface area contributed by atoms with Crippen molar-refractivity contribution in [3.05, 3.63) is 51.3 Å². The van der Waals surface area contributed by atoms with Crippen LogP contribution in [0.1, 0.15) is 23.2 Å². The summed E-state index contributed by atoms with van der Waals surface area (Å²) >= 11 is 12.6. The fourth-order valence-electron chi connectivity index (χ4n) is 2.10. The fourth-order valence-corrected chi connectivity index (χ4v) is 2.60. The van der Waals surface area contributed by atoms with E-state index < -0.39 is 0 Å². The first kappa shape index (κ1) is 16.3. The largest absolute Gasteiger partial charge is 0.396 e. The van der Waals surface area contributed by atoms with Crippen LogP contribution in [0.25, 0.3) is 0 Å². The van der Waals surface area contributed by atoms with Gasteiger partial charge in [-0.2, -0.15) is 5.10 Å². The summed E-state index contributed by atoms with van der Waals surface area (Å²) in [5, 5.41) is 17.8. The normalized spacial score (nSPS) is 11.0. The molecule has 0 saturated heterocycles. The highest BCUT2D eigenvalue weighted by Gasteiger charge is 2.13. The molecule has 0 atom stereocenters. The van der Waals surface area contributed by atoms with Crippen molar-refractivity contribution in [1.82, 2.24) is 15.1 Å². The highest BCUT2D eigenvalue weighted by atomic mass is 35.5. The molecule has 2 aromatic rings. The van der Waals surface area contributed by atoms with Gasteiger partial charge in [0.25, 0.3) is 0 Å². The fraction of sp³-hybridized carbons (Fsp3) is 0.400. The Morgan fingerprint density at radius 3 is 2.76 bits per heavy atom. The first-order chi connectivity index (χ1) is 10.1. The van der Waals surface area contributed by atoms with Gasteiger partial charge in [0.05, 0.1) is 12.2 Å². The van der Waals surface area contributed by atoms with Gasteiger partial charge in [-0.15, -0.1) is 0 Å². The van der Waals surface area contributed by atoms with E-state index in [-0.39, 0.29) is 6.61 Å². The van der Waals surface area contributed by atoms with Gasteiger partial charge in [-0.3, -0.25) is 0 Å². The summed E-state index contributed by atoms with van der Waals surface area (Å²) < 4.78 is 1.77. The maximum absolute atomic E-state index is 8.77. The number of aliphatic hydroxyl groups is 1. The third-order valence-corrected chi connectivity index (χ3v) is 4.07. The molecule has 0 aliphatic heterocycles. The maximum atomic E-state index is 8.77. The molecule has 114 valence electrons. The van der Waals surface area contributed by atoms with Crippen molar-refractivity contribution in [1.29, 1.82) is 0 Å². The van der Waals surface area contributed by atoms with Gasteiger partial charge in [0, 0.05) is 23.7 Å². The molecule has 6 heteroatoms. The summed E-state index contributed by atoms with van der Waals surface area (Å²) in [4.78, 5) is 0. The zero-order chi connectivity index (χ0) is 15.2. The number of rotatable bonds is 7. The number of aromatic nitrogens is 2. The third kappa shape index (κ3) is 4.20. The zero-order valence-corrected chi connectivity index (χ0v) is 13.5. The average molecular weight is 328 g/mol. The molecule has 2 N–H and O–H groups in total. The lowest BCUT2D eigenvalue weighted by atomic mass is 10.2. The second-order valence-corrected chi connectivity index (χ2v) is 5.62. The third-order valence-electron chi connectivity index (χ3n) is 3.27. The Morgan fingerprint density at radius 1 is 1.29 bits per heavy atom. The number of benzene rings is 1. The molecular formula is C15H19Cl2N3O. The molecule has 0 amide bonds. The van der Waals surface area contributed by atoms with Crippen LogP contribution in [0.4, 0.5) is 0 Å². The summed E-state index contributed by atoms with van der Waals surface area (Å²) in [6.07, 6.45) is 0.727. The van der Waals surface area contributed by atoms with E-state index in [1.54, 1.807) is 4.68 Å². The molecule has 0 fully saturated rings. The van der Waals surface area contributed by atoms with E-state index in [2.05, 4.69) is 10.4 Å². The van der Waals surface area contributed by atoms with Crippen LogP contribution < -0.4 is 5.32 Å². The van der Waals surface area contributed by atoms with E-state index >= 15 is 0 Å². The second-order valence-electron chi connectivity index (χ2n) is 4.86. The van der Waals surface area contributed by atoms with Gasteiger partial charge in [0.2, 0.25) is 0 Å². The zero-order valence-electron chi connectivity index (χ0n) is 11.9. The molecule has 0 aliphatic carbocycles. The van der Waals surface area contributed by atoms with Crippen LogP contribution in [0.15, 0.2) is 24.3 Å². The molecule has 1 aromatic carbocycles. The van der Waals surface area contributed by atoms with Crippen LogP contribution in [0.2, 0.25) is 10.2 Å². The van der Waals surface area contributed by atoms with Crippen LogP contribution in [0.5, 0.6) is 0 Å². The quantitative estimate of drug-likeness (QED) is 0.768. The van der Waals surface area contributed by atoms with Gasteiger partial charge in [0.15, 0.2) is 0 Å². The lowest BCUT2D eigenvalue weighted by molar-refractivity contribution is 0.286. The number of hydrogen-bond acceptors (Lipinski definition) is 3. The monoisotopic (exact) mass is 327 g/mol. The molecule has 2 rings (SSSR count). The number of halogens is 2. The summed E-state index contributed by atoms with van der Waals surface area (Å²) in [5.41, 5.74) is 2.88. The molecule has 1 aromatic heterocycles. The SMILES string of the molecule is Cc1nn(Cc2ccccc2Cl)c(Cl)c1CNCCCO. The Balaban J connectivity index is 2.10. The van der Waals surface area contributed by atoms with Crippen molar-refractivity contribution >= 4 is 23.2 Å². The van der Waals surface area contributed by atoms with Crippen LogP contribution in [0.3, 0.4) is 0 Å². The number of nitrogens with one attached hydrogen (secondary N) is 1. The second kappa shape index (κ2) is 7.80. The van der Waals surface area contributed by atoms with E-state index in [0.717, 1.165) is 29.8 Å². The van der Waals surface area contributed by atoms with Gasteiger partial charge >= 0.3 is 0 Å². The predicted molar refractivity (Wildman–Crippen MR) is 85.9 cm³/mol. The van der Waals surface area contributed by atoms with Crippen LogP contribution in [-0.4, -0.2) is 28.0 Å². The minimum atomic E-state index is 0.186. The van der Waals surface area contributed by atoms with Crippen LogP contribution in [-0.2, 0) is 13.1 Å². The number of aryl methyl sites for hydroxylation is 1. The molecule has 0 unspecified atom stereocenters. The predicted octanol–water partition coefficient (Wildman–Crippen LogP) is 3.02. The Bertz CT molecular complexity index is 599. The van der Waals surface area contributed by atoms with E-state index in [0.29, 0.717) is 23.3 Å². The van der Waals surface area contributed by atoms with Gasteiger partial charge in [0.1, 0.15) is 5.15 Å². The lowest BCUT2D eigenvalue weighted by Gasteiger charge is -2.06. The van der Waals surface area contributed by atoms with E-state index in [1.165, 1.54) is 0 Å². The topological polar surface area (TPSA) is 50.1 Å². The van der Waals surface area contributed by atoms with Gasteiger partial charge in [-0.05, 0) is 31.5 Å². The summed E-state index contributed by atoms with van der Waals surface area (Å²) in [6.45, 7) is 4.08. The Hall–Kier alpha value is -1.07. The van der Waals surface area contributed by atoms with Crippen molar-refractivity contribution < 1.29 is 5.11 Å². The molecule has 21 heavy (non-hydrogen) atoms. The van der Waals surface area contributed by atoms with E-state index in [9.17, 15) is 0 Å². The van der Waals surface area contributed by atoms with E-state index in [4.69, 9.17) is 28.3 Å². The molecule has 1 heterocycles. The van der Waals surface area contributed by atoms with Crippen molar-refractivity contribution in [2.24, 2.45) is 0 Å². The van der Waals surface area contributed by atoms with Gasteiger partial charge in [-0.1, -0.05) is 41.4 Å². The van der Waals surface area contributed by atoms with E-state index in [1.807, 2.05) is 31.2 Å². The maximum Gasteiger partial charge on any atom is 0.132 e. The molecule has 4 nitrogen and oxygen atoms in total. The Kier molecular flexibility index (Phi) is 6.06. The Labute approximate surface area is 134 Å². The highest BCUT2D eigenvalue weighted by molar-refractivity contribution is 6.31.